The van der Waals surface area contributed by atoms with Gasteiger partial charge < -0.3 is 0 Å². The first kappa shape index (κ1) is 15.5. The molecule has 1 aliphatic heterocycles. The van der Waals surface area contributed by atoms with Crippen molar-refractivity contribution in [2.45, 2.75) is 12.5 Å². The van der Waals surface area contributed by atoms with Gasteiger partial charge in [-0.1, -0.05) is 78.0 Å². The summed E-state index contributed by atoms with van der Waals surface area (Å²) in [5.74, 6) is 0.503. The Bertz CT molecular complexity index is 672. The van der Waals surface area contributed by atoms with E-state index in [0.717, 1.165) is 12.0 Å². The van der Waals surface area contributed by atoms with Crippen LogP contribution in [-0.4, -0.2) is 20.9 Å². The van der Waals surface area contributed by atoms with Gasteiger partial charge in [0.2, 0.25) is 5.91 Å². The predicted octanol–water partition coefficient (Wildman–Crippen LogP) is 4.48. The van der Waals surface area contributed by atoms with Gasteiger partial charge in [0.25, 0.3) is 0 Å². The van der Waals surface area contributed by atoms with Crippen molar-refractivity contribution in [2.75, 3.05) is 5.75 Å². The average Bonchev–Trinajstić information content (AvgIpc) is 2.86. The van der Waals surface area contributed by atoms with E-state index in [-0.39, 0.29) is 11.9 Å². The minimum atomic E-state index is -0.0883. The highest BCUT2D eigenvalue weighted by Gasteiger charge is 2.34. The minimum absolute atomic E-state index is 0.0749. The lowest BCUT2D eigenvalue weighted by Gasteiger charge is -2.28. The Kier molecular flexibility index (Phi) is 4.81. The number of halogens is 1. The van der Waals surface area contributed by atoms with E-state index in [9.17, 15) is 4.79 Å². The molecule has 112 valence electrons. The number of benzene rings is 2. The molecular weight excluding hydrogens is 334 g/mol. The summed E-state index contributed by atoms with van der Waals surface area (Å²) in [6, 6.07) is 17.7. The molecule has 3 rings (SSSR count). The quantitative estimate of drug-likeness (QED) is 0.760. The second kappa shape index (κ2) is 6.82. The smallest absolute Gasteiger partial charge is 0.239 e. The van der Waals surface area contributed by atoms with E-state index in [1.165, 1.54) is 17.3 Å². The lowest BCUT2D eigenvalue weighted by Crippen LogP contribution is -2.34. The zero-order valence-electron chi connectivity index (χ0n) is 11.7. The van der Waals surface area contributed by atoms with Crippen LogP contribution < -0.4 is 0 Å². The molecule has 0 spiro atoms. The topological polar surface area (TPSA) is 20.3 Å². The summed E-state index contributed by atoms with van der Waals surface area (Å²) in [4.78, 5) is 14.0. The minimum Gasteiger partial charge on any atom is -0.289 e. The zero-order chi connectivity index (χ0) is 15.5. The first-order valence-electron chi connectivity index (χ1n) is 6.93. The molecule has 0 saturated carbocycles. The van der Waals surface area contributed by atoms with Gasteiger partial charge >= 0.3 is 0 Å². The van der Waals surface area contributed by atoms with E-state index in [2.05, 4.69) is 12.1 Å². The maximum Gasteiger partial charge on any atom is 0.239 e. The number of hydrogen-bond donors (Lipinski definition) is 0. The van der Waals surface area contributed by atoms with E-state index < -0.39 is 0 Å². The Labute approximate surface area is 144 Å². The van der Waals surface area contributed by atoms with Crippen LogP contribution in [0.2, 0.25) is 5.02 Å². The summed E-state index contributed by atoms with van der Waals surface area (Å²) < 4.78 is 0.654. The maximum atomic E-state index is 12.2. The molecule has 0 aliphatic carbocycles. The van der Waals surface area contributed by atoms with Gasteiger partial charge in [-0.3, -0.25) is 9.69 Å². The normalized spacial score (nSPS) is 16.1. The van der Waals surface area contributed by atoms with Crippen LogP contribution in [0, 0.1) is 0 Å². The van der Waals surface area contributed by atoms with E-state index in [4.69, 9.17) is 23.8 Å². The highest BCUT2D eigenvalue weighted by Crippen LogP contribution is 2.33. The molecule has 1 fully saturated rings. The van der Waals surface area contributed by atoms with Gasteiger partial charge in [-0.25, -0.2) is 0 Å². The second-order valence-electron chi connectivity index (χ2n) is 5.08. The first-order valence-corrected chi connectivity index (χ1v) is 8.70. The third-order valence-electron chi connectivity index (χ3n) is 3.62. The molecule has 22 heavy (non-hydrogen) atoms. The van der Waals surface area contributed by atoms with Crippen LogP contribution in [0.3, 0.4) is 0 Å². The van der Waals surface area contributed by atoms with E-state index >= 15 is 0 Å². The fourth-order valence-electron chi connectivity index (χ4n) is 2.55. The molecule has 2 aromatic rings. The van der Waals surface area contributed by atoms with E-state index in [1.54, 1.807) is 4.90 Å². The van der Waals surface area contributed by atoms with Crippen LogP contribution in [0.15, 0.2) is 54.6 Å². The third-order valence-corrected chi connectivity index (χ3v) is 5.26. The zero-order valence-corrected chi connectivity index (χ0v) is 14.1. The van der Waals surface area contributed by atoms with Crippen molar-refractivity contribution < 1.29 is 4.79 Å². The molecule has 1 heterocycles. The molecule has 0 N–H and O–H groups in total. The number of carbonyl (C=O) groups excluding carboxylic acids is 1. The van der Waals surface area contributed by atoms with Gasteiger partial charge in [-0.05, 0) is 29.7 Å². The van der Waals surface area contributed by atoms with Gasteiger partial charge in [-0.2, -0.15) is 0 Å². The largest absolute Gasteiger partial charge is 0.289 e. The Morgan fingerprint density at radius 3 is 2.41 bits per heavy atom. The maximum absolute atomic E-state index is 12.2. The van der Waals surface area contributed by atoms with Crippen molar-refractivity contribution in [1.29, 1.82) is 0 Å². The van der Waals surface area contributed by atoms with Crippen LogP contribution in [0.25, 0.3) is 0 Å². The van der Waals surface area contributed by atoms with Gasteiger partial charge in [0.1, 0.15) is 4.32 Å². The van der Waals surface area contributed by atoms with Crippen LogP contribution in [0.1, 0.15) is 17.2 Å². The number of carbonyl (C=O) groups is 1. The summed E-state index contributed by atoms with van der Waals surface area (Å²) in [7, 11) is 0. The molecule has 0 aromatic heterocycles. The number of hydrogen-bond acceptors (Lipinski definition) is 3. The SMILES string of the molecule is O=C1CSC(=S)N1C(Cc1ccccc1)c1ccc(Cl)cc1. The third kappa shape index (κ3) is 3.35. The lowest BCUT2D eigenvalue weighted by atomic mass is 9.97. The second-order valence-corrected chi connectivity index (χ2v) is 7.12. The standard InChI is InChI=1S/C17H14ClNOS2/c18-14-8-6-13(7-9-14)15(10-12-4-2-1-3-5-12)19-16(20)11-22-17(19)21/h1-9,15H,10-11H2. The van der Waals surface area contributed by atoms with Crippen LogP contribution in [-0.2, 0) is 11.2 Å². The highest BCUT2D eigenvalue weighted by molar-refractivity contribution is 8.23. The van der Waals surface area contributed by atoms with E-state index in [1.807, 2.05) is 42.5 Å². The van der Waals surface area contributed by atoms with Crippen LogP contribution in [0.5, 0.6) is 0 Å². The Hall–Kier alpha value is -1.36. The molecule has 0 bridgehead atoms. The molecule has 1 amide bonds. The molecule has 1 unspecified atom stereocenters. The number of amides is 1. The first-order chi connectivity index (χ1) is 10.6. The summed E-state index contributed by atoms with van der Waals surface area (Å²) >= 11 is 12.8. The highest BCUT2D eigenvalue weighted by atomic mass is 35.5. The molecule has 1 atom stereocenters. The lowest BCUT2D eigenvalue weighted by molar-refractivity contribution is -0.125. The fraction of sp³-hybridized carbons (Fsp3) is 0.176. The number of rotatable bonds is 4. The van der Waals surface area contributed by atoms with E-state index in [0.29, 0.717) is 15.1 Å². The summed E-state index contributed by atoms with van der Waals surface area (Å²) in [6.45, 7) is 0. The van der Waals surface area contributed by atoms with Gasteiger partial charge in [0.15, 0.2) is 0 Å². The Balaban J connectivity index is 1.96. The molecule has 0 radical (unpaired) electrons. The number of thioether (sulfide) groups is 1. The predicted molar refractivity (Wildman–Crippen MR) is 96.2 cm³/mol. The van der Waals surface area contributed by atoms with Gasteiger partial charge in [0.05, 0.1) is 11.8 Å². The molecule has 2 aromatic carbocycles. The van der Waals surface area contributed by atoms with Gasteiger partial charge in [0, 0.05) is 5.02 Å². The van der Waals surface area contributed by atoms with Crippen molar-refractivity contribution in [3.8, 4) is 0 Å². The molecule has 1 saturated heterocycles. The molecular formula is C17H14ClNOS2. The van der Waals surface area contributed by atoms with Crippen molar-refractivity contribution in [2.24, 2.45) is 0 Å². The Morgan fingerprint density at radius 1 is 1.14 bits per heavy atom. The average molecular weight is 348 g/mol. The fourth-order valence-corrected chi connectivity index (χ4v) is 3.83. The van der Waals surface area contributed by atoms with Crippen molar-refractivity contribution in [3.63, 3.8) is 0 Å². The van der Waals surface area contributed by atoms with Crippen molar-refractivity contribution in [1.82, 2.24) is 4.90 Å². The monoisotopic (exact) mass is 347 g/mol. The molecule has 5 heteroatoms. The van der Waals surface area contributed by atoms with Crippen LogP contribution >= 0.6 is 35.6 Å². The number of nitrogens with zero attached hydrogens (tertiary/aromatic N) is 1. The van der Waals surface area contributed by atoms with Crippen molar-refractivity contribution >= 4 is 45.8 Å². The summed E-state index contributed by atoms with van der Waals surface area (Å²) in [5.41, 5.74) is 2.22. The number of thiocarbonyl (C=S) groups is 1. The van der Waals surface area contributed by atoms with Gasteiger partial charge in [-0.15, -0.1) is 0 Å². The molecule has 1 aliphatic rings. The Morgan fingerprint density at radius 2 is 1.82 bits per heavy atom. The van der Waals surface area contributed by atoms with Crippen LogP contribution in [0.4, 0.5) is 0 Å². The summed E-state index contributed by atoms with van der Waals surface area (Å²) in [5, 5.41) is 0.687. The van der Waals surface area contributed by atoms with Crippen molar-refractivity contribution in [3.05, 3.63) is 70.7 Å². The molecule has 2 nitrogen and oxygen atoms in total. The summed E-state index contributed by atoms with van der Waals surface area (Å²) in [6.07, 6.45) is 0.731.